The van der Waals surface area contributed by atoms with Crippen LogP contribution in [-0.4, -0.2) is 105 Å². The summed E-state index contributed by atoms with van der Waals surface area (Å²) in [5, 5.41) is 5.97. The summed E-state index contributed by atoms with van der Waals surface area (Å²) < 4.78 is 40.1. The van der Waals surface area contributed by atoms with Crippen LogP contribution in [-0.2, 0) is 66.7 Å². The maximum atomic E-state index is 13.9. The lowest BCUT2D eigenvalue weighted by Gasteiger charge is -2.50. The third-order valence-corrected chi connectivity index (χ3v) is 14.3. The third-order valence-electron chi connectivity index (χ3n) is 14.3. The van der Waals surface area contributed by atoms with E-state index in [1.54, 1.807) is 41.5 Å². The number of carbonyl (C=O) groups is 8. The molecule has 392 valence electrons. The molecule has 0 saturated heterocycles. The summed E-state index contributed by atoms with van der Waals surface area (Å²) >= 11 is 0. The van der Waals surface area contributed by atoms with Gasteiger partial charge in [0.15, 0.2) is 11.2 Å². The second kappa shape index (κ2) is 28.9. The van der Waals surface area contributed by atoms with Gasteiger partial charge >= 0.3 is 41.9 Å². The largest absolute Gasteiger partial charge is 0.461 e. The van der Waals surface area contributed by atoms with Crippen LogP contribution in [0.5, 0.6) is 0 Å². The van der Waals surface area contributed by atoms with E-state index in [4.69, 9.17) is 33.2 Å². The molecule has 8 atom stereocenters. The van der Waals surface area contributed by atoms with E-state index in [0.717, 1.165) is 0 Å². The highest BCUT2D eigenvalue weighted by Crippen LogP contribution is 2.50. The number of hydrogen-bond acceptors (Lipinski definition) is 15. The molecule has 2 N–H and O–H groups in total. The van der Waals surface area contributed by atoms with E-state index in [1.165, 1.54) is 0 Å². The Morgan fingerprint density at radius 1 is 0.529 bits per heavy atom. The quantitative estimate of drug-likeness (QED) is 0.0511. The molecule has 68 heavy (non-hydrogen) atoms. The average molecular weight is 969 g/mol. The first kappa shape index (κ1) is 61.6. The van der Waals surface area contributed by atoms with E-state index < -0.39 is 138 Å². The topological polar surface area (TPSA) is 225 Å². The van der Waals surface area contributed by atoms with E-state index in [0.29, 0.717) is 57.8 Å². The number of carbonyl (C=O) groups excluding carboxylic acids is 8. The molecule has 1 saturated carbocycles. The highest BCUT2D eigenvalue weighted by atomic mass is 16.6. The highest BCUT2D eigenvalue weighted by molar-refractivity contribution is 5.79. The van der Waals surface area contributed by atoms with Gasteiger partial charge in [-0.2, -0.15) is 0 Å². The summed E-state index contributed by atoms with van der Waals surface area (Å²) in [7, 11) is 0. The van der Waals surface area contributed by atoms with E-state index >= 15 is 0 Å². The molecule has 17 nitrogen and oxygen atoms in total. The number of amides is 2. The molecule has 0 bridgehead atoms. The van der Waals surface area contributed by atoms with Gasteiger partial charge < -0.3 is 43.8 Å². The molecule has 17 heteroatoms. The van der Waals surface area contributed by atoms with Gasteiger partial charge in [-0.25, -0.2) is 4.79 Å². The van der Waals surface area contributed by atoms with Crippen LogP contribution < -0.4 is 10.6 Å². The first-order chi connectivity index (χ1) is 31.7. The normalized spacial score (nSPS) is 21.0. The summed E-state index contributed by atoms with van der Waals surface area (Å²) in [4.78, 5) is 105. The minimum absolute atomic E-state index is 0.128. The monoisotopic (exact) mass is 969 g/mol. The minimum atomic E-state index is -1.79. The number of alkyl carbamates (subject to hydrolysis) is 1. The molecule has 1 rings (SSSR count). The predicted molar refractivity (Wildman–Crippen MR) is 254 cm³/mol. The van der Waals surface area contributed by atoms with Gasteiger partial charge in [-0.1, -0.05) is 104 Å². The van der Waals surface area contributed by atoms with Crippen molar-refractivity contribution < 1.29 is 71.5 Å². The Bertz CT molecular complexity index is 1610. The lowest BCUT2D eigenvalue weighted by Crippen LogP contribution is -2.54. The van der Waals surface area contributed by atoms with Crippen LogP contribution in [0.1, 0.15) is 174 Å². The molecular formula is C51H88N2O15. The molecule has 0 aromatic rings. The molecule has 0 aromatic carbocycles. The molecule has 0 spiro atoms. The van der Waals surface area contributed by atoms with Gasteiger partial charge in [0, 0.05) is 19.0 Å². The molecule has 0 radical (unpaired) electrons. The van der Waals surface area contributed by atoms with Crippen molar-refractivity contribution in [1.29, 1.82) is 0 Å². The van der Waals surface area contributed by atoms with E-state index in [2.05, 4.69) is 10.6 Å². The maximum Gasteiger partial charge on any atom is 0.407 e. The summed E-state index contributed by atoms with van der Waals surface area (Å²) in [6.07, 6.45) is 3.30. The first-order valence-electron chi connectivity index (χ1n) is 25.0. The molecule has 1 fully saturated rings. The van der Waals surface area contributed by atoms with Gasteiger partial charge in [0.2, 0.25) is 5.91 Å². The van der Waals surface area contributed by atoms with Gasteiger partial charge in [-0.3, -0.25) is 33.6 Å². The Labute approximate surface area is 406 Å². The van der Waals surface area contributed by atoms with Crippen molar-refractivity contribution >= 4 is 47.8 Å². The van der Waals surface area contributed by atoms with E-state index in [9.17, 15) is 38.4 Å². The molecule has 2 amide bonds. The highest BCUT2D eigenvalue weighted by Gasteiger charge is 2.48. The fourth-order valence-electron chi connectivity index (χ4n) is 6.98. The van der Waals surface area contributed by atoms with Crippen LogP contribution in [0.3, 0.4) is 0 Å². The Balaban J connectivity index is 3.23. The maximum absolute atomic E-state index is 13.9. The Hall–Kier alpha value is -4.44. The average Bonchev–Trinajstić information content (AvgIpc) is 3.31. The number of ether oxygens (including phenoxy) is 7. The Kier molecular flexibility index (Phi) is 26.2. The fraction of sp³-hybridized carbons (Fsp3) is 0.843. The van der Waals surface area contributed by atoms with Crippen molar-refractivity contribution in [3.05, 3.63) is 0 Å². The van der Waals surface area contributed by atoms with Crippen LogP contribution >= 0.6 is 0 Å². The van der Waals surface area contributed by atoms with Crippen LogP contribution in [0.25, 0.3) is 0 Å². The van der Waals surface area contributed by atoms with Gasteiger partial charge in [-0.05, 0) is 68.6 Å². The smallest absolute Gasteiger partial charge is 0.407 e. The Morgan fingerprint density at radius 3 is 1.25 bits per heavy atom. The zero-order valence-electron chi connectivity index (χ0n) is 44.2. The van der Waals surface area contributed by atoms with Crippen molar-refractivity contribution in [2.45, 2.75) is 192 Å². The molecule has 8 unspecified atom stereocenters. The molecule has 0 heterocycles. The van der Waals surface area contributed by atoms with E-state index in [1.807, 2.05) is 62.3 Å². The molecular weight excluding hydrogens is 881 g/mol. The lowest BCUT2D eigenvalue weighted by atomic mass is 9.57. The van der Waals surface area contributed by atoms with Crippen LogP contribution in [0.15, 0.2) is 0 Å². The van der Waals surface area contributed by atoms with Crippen molar-refractivity contribution in [3.8, 4) is 0 Å². The number of rotatable bonds is 30. The predicted octanol–water partition coefficient (Wildman–Crippen LogP) is 8.21. The molecule has 0 aliphatic heterocycles. The number of hydrogen-bond donors (Lipinski definition) is 2. The lowest BCUT2D eigenvalue weighted by molar-refractivity contribution is -0.192. The van der Waals surface area contributed by atoms with Gasteiger partial charge in [0.1, 0.15) is 26.4 Å². The number of nitrogens with one attached hydrogen (secondary N) is 2. The SMILES string of the molecule is CCC(C)C(=O)OCC(CCOC(=O)NC1CCC(C)(CNC(=O)CC(COC(=O)C(C)CC)(COC(=O)C(C)CC)OC(=O)C(C)CC)C(C)(C)C1)(COC(=O)C(C)CC)OC(=O)C(C)CC. The summed E-state index contributed by atoms with van der Waals surface area (Å²) in [5.41, 5.74) is -4.35. The van der Waals surface area contributed by atoms with Gasteiger partial charge in [0.25, 0.3) is 0 Å². The number of esters is 6. The second-order valence-corrected chi connectivity index (χ2v) is 20.4. The van der Waals surface area contributed by atoms with Crippen molar-refractivity contribution in [2.24, 2.45) is 46.3 Å². The fourth-order valence-corrected chi connectivity index (χ4v) is 6.98. The minimum Gasteiger partial charge on any atom is -0.461 e. The molecule has 1 aliphatic rings. The Morgan fingerprint density at radius 2 is 0.882 bits per heavy atom. The van der Waals surface area contributed by atoms with Gasteiger partial charge in [-0.15, -0.1) is 0 Å². The zero-order valence-corrected chi connectivity index (χ0v) is 44.2. The van der Waals surface area contributed by atoms with Crippen LogP contribution in [0, 0.1) is 46.3 Å². The first-order valence-corrected chi connectivity index (χ1v) is 25.0. The van der Waals surface area contributed by atoms with Crippen molar-refractivity contribution in [3.63, 3.8) is 0 Å². The van der Waals surface area contributed by atoms with Crippen LogP contribution in [0.4, 0.5) is 4.79 Å². The summed E-state index contributed by atoms with van der Waals surface area (Å²) in [6, 6.07) is -0.310. The van der Waals surface area contributed by atoms with E-state index in [-0.39, 0.29) is 25.6 Å². The zero-order chi connectivity index (χ0) is 52.0. The van der Waals surface area contributed by atoms with Crippen molar-refractivity contribution in [1.82, 2.24) is 10.6 Å². The molecule has 1 aliphatic carbocycles. The second-order valence-electron chi connectivity index (χ2n) is 20.4. The van der Waals surface area contributed by atoms with Crippen LogP contribution in [0.2, 0.25) is 0 Å². The van der Waals surface area contributed by atoms with Crippen molar-refractivity contribution in [2.75, 3.05) is 39.6 Å². The standard InChI is InChI=1S/C51H88N2O15/c1-16-33(7)41(55)63-29-50(67-45(59)37(11)20-5,30-64-42(56)34(8)17-2)24-25-62-47(61)53-39-22-23-49(15,48(13,14)26-39)28-52-40(54)27-51(68-46(60)38(12)21-6,31-65-43(57)35(9)18-3)32-66-44(58)36(10)19-4/h33-39H,16-32H2,1-15H3,(H,52,54)(H,53,61). The molecule has 0 aromatic heterocycles. The van der Waals surface area contributed by atoms with Gasteiger partial charge in [0.05, 0.1) is 48.5 Å². The summed E-state index contributed by atoms with van der Waals surface area (Å²) in [6.45, 7) is 25.5. The third kappa shape index (κ3) is 19.5. The summed E-state index contributed by atoms with van der Waals surface area (Å²) in [5.74, 6) is -6.61.